The third-order valence-corrected chi connectivity index (χ3v) is 3.44. The van der Waals surface area contributed by atoms with Crippen LogP contribution in [-0.4, -0.2) is 18.9 Å². The predicted octanol–water partition coefficient (Wildman–Crippen LogP) is 2.66. The predicted molar refractivity (Wildman–Crippen MR) is 88.5 cm³/mol. The van der Waals surface area contributed by atoms with Crippen LogP contribution in [0.1, 0.15) is 21.5 Å². The third-order valence-electron chi connectivity index (χ3n) is 3.21. The van der Waals surface area contributed by atoms with E-state index in [4.69, 9.17) is 16.3 Å². The molecule has 2 aromatic carbocycles. The molecule has 2 rings (SSSR count). The van der Waals surface area contributed by atoms with Crippen LogP contribution >= 0.6 is 11.6 Å². The van der Waals surface area contributed by atoms with Gasteiger partial charge in [-0.1, -0.05) is 41.4 Å². The number of carbonyl (C=O) groups is 2. The standard InChI is InChI=1S/C17H17ClN2O3/c1-11-3-5-12(6-4-11)9-16(21)19-20-17(22)14-10-13(18)7-8-15(14)23-2/h3-8,10H,9H2,1-2H3,(H,19,21)(H,20,22). The van der Waals surface area contributed by atoms with E-state index in [1.807, 2.05) is 31.2 Å². The molecule has 23 heavy (non-hydrogen) atoms. The highest BCUT2D eigenvalue weighted by molar-refractivity contribution is 6.31. The van der Waals surface area contributed by atoms with E-state index in [0.29, 0.717) is 10.8 Å². The summed E-state index contributed by atoms with van der Waals surface area (Å²) in [7, 11) is 1.45. The van der Waals surface area contributed by atoms with Crippen molar-refractivity contribution in [2.75, 3.05) is 7.11 Å². The fourth-order valence-corrected chi connectivity index (χ4v) is 2.16. The van der Waals surface area contributed by atoms with E-state index in [1.54, 1.807) is 12.1 Å². The van der Waals surface area contributed by atoms with Gasteiger partial charge in [0.15, 0.2) is 0 Å². The molecule has 0 saturated heterocycles. The lowest BCUT2D eigenvalue weighted by atomic mass is 10.1. The first-order valence-electron chi connectivity index (χ1n) is 6.98. The van der Waals surface area contributed by atoms with Gasteiger partial charge in [0.05, 0.1) is 19.1 Å². The Bertz CT molecular complexity index is 714. The maximum absolute atomic E-state index is 12.1. The molecule has 2 N–H and O–H groups in total. The molecule has 120 valence electrons. The second-order valence-electron chi connectivity index (χ2n) is 5.01. The summed E-state index contributed by atoms with van der Waals surface area (Å²) in [6, 6.07) is 12.3. The minimum absolute atomic E-state index is 0.174. The maximum Gasteiger partial charge on any atom is 0.273 e. The van der Waals surface area contributed by atoms with Crippen molar-refractivity contribution in [1.29, 1.82) is 0 Å². The summed E-state index contributed by atoms with van der Waals surface area (Å²) in [5.41, 5.74) is 6.96. The lowest BCUT2D eigenvalue weighted by Crippen LogP contribution is -2.42. The molecule has 0 aliphatic carbocycles. The molecule has 0 saturated carbocycles. The minimum Gasteiger partial charge on any atom is -0.496 e. The molecule has 5 nitrogen and oxygen atoms in total. The van der Waals surface area contributed by atoms with Gasteiger partial charge in [0, 0.05) is 5.02 Å². The van der Waals surface area contributed by atoms with Crippen molar-refractivity contribution < 1.29 is 14.3 Å². The number of hydrogen-bond acceptors (Lipinski definition) is 3. The van der Waals surface area contributed by atoms with Crippen LogP contribution in [0.4, 0.5) is 0 Å². The first-order chi connectivity index (χ1) is 11.0. The van der Waals surface area contributed by atoms with Crippen LogP contribution < -0.4 is 15.6 Å². The molecule has 2 amide bonds. The second-order valence-corrected chi connectivity index (χ2v) is 5.45. The van der Waals surface area contributed by atoms with Crippen molar-refractivity contribution in [1.82, 2.24) is 10.9 Å². The molecule has 0 bridgehead atoms. The van der Waals surface area contributed by atoms with Crippen molar-refractivity contribution in [3.8, 4) is 5.75 Å². The number of benzene rings is 2. The fourth-order valence-electron chi connectivity index (χ4n) is 1.99. The van der Waals surface area contributed by atoms with E-state index >= 15 is 0 Å². The van der Waals surface area contributed by atoms with Crippen molar-refractivity contribution >= 4 is 23.4 Å². The zero-order chi connectivity index (χ0) is 16.8. The highest BCUT2D eigenvalue weighted by Gasteiger charge is 2.13. The second kappa shape index (κ2) is 7.65. The summed E-state index contributed by atoms with van der Waals surface area (Å²) in [5.74, 6) is -0.440. The van der Waals surface area contributed by atoms with Gasteiger partial charge < -0.3 is 4.74 Å². The number of ether oxygens (including phenoxy) is 1. The largest absolute Gasteiger partial charge is 0.496 e. The SMILES string of the molecule is COc1ccc(Cl)cc1C(=O)NNC(=O)Cc1ccc(C)cc1. The molecule has 2 aromatic rings. The van der Waals surface area contributed by atoms with Crippen LogP contribution in [0.5, 0.6) is 5.75 Å². The molecule has 0 aliphatic heterocycles. The van der Waals surface area contributed by atoms with Gasteiger partial charge in [0.1, 0.15) is 5.75 Å². The minimum atomic E-state index is -0.499. The highest BCUT2D eigenvalue weighted by Crippen LogP contribution is 2.22. The number of hydrazine groups is 1. The van der Waals surface area contributed by atoms with Crippen LogP contribution in [0.3, 0.4) is 0 Å². The van der Waals surface area contributed by atoms with Crippen molar-refractivity contribution in [2.45, 2.75) is 13.3 Å². The Hall–Kier alpha value is -2.53. The van der Waals surface area contributed by atoms with E-state index in [1.165, 1.54) is 13.2 Å². The third kappa shape index (κ3) is 4.72. The number of halogens is 1. The molecule has 0 unspecified atom stereocenters. The normalized spacial score (nSPS) is 10.0. The van der Waals surface area contributed by atoms with E-state index in [9.17, 15) is 9.59 Å². The van der Waals surface area contributed by atoms with Gasteiger partial charge >= 0.3 is 0 Å². The van der Waals surface area contributed by atoms with Gasteiger partial charge in [0.2, 0.25) is 5.91 Å². The smallest absolute Gasteiger partial charge is 0.273 e. The highest BCUT2D eigenvalue weighted by atomic mass is 35.5. The van der Waals surface area contributed by atoms with Crippen molar-refractivity contribution in [3.63, 3.8) is 0 Å². The van der Waals surface area contributed by atoms with E-state index in [0.717, 1.165) is 11.1 Å². The van der Waals surface area contributed by atoms with Gasteiger partial charge in [0.25, 0.3) is 5.91 Å². The number of amides is 2. The van der Waals surface area contributed by atoms with Gasteiger partial charge in [-0.25, -0.2) is 0 Å². The number of aryl methyl sites for hydroxylation is 1. The topological polar surface area (TPSA) is 67.4 Å². The Balaban J connectivity index is 1.95. The Kier molecular flexibility index (Phi) is 5.60. The monoisotopic (exact) mass is 332 g/mol. The summed E-state index contributed by atoms with van der Waals surface area (Å²) >= 11 is 5.88. The summed E-state index contributed by atoms with van der Waals surface area (Å²) in [5, 5.41) is 0.405. The van der Waals surface area contributed by atoms with Crippen LogP contribution in [0.25, 0.3) is 0 Å². The molecule has 0 heterocycles. The molecule has 0 atom stereocenters. The summed E-state index contributed by atoms with van der Waals surface area (Å²) in [6.45, 7) is 1.97. The number of methoxy groups -OCH3 is 1. The molecule has 0 aromatic heterocycles. The lowest BCUT2D eigenvalue weighted by Gasteiger charge is -2.11. The maximum atomic E-state index is 12.1. The van der Waals surface area contributed by atoms with Crippen LogP contribution in [0.2, 0.25) is 5.02 Å². The average Bonchev–Trinajstić information content (AvgIpc) is 2.54. The number of nitrogens with one attached hydrogen (secondary N) is 2. The molecule has 0 fully saturated rings. The van der Waals surface area contributed by atoms with Crippen LogP contribution in [0.15, 0.2) is 42.5 Å². The summed E-state index contributed by atoms with van der Waals surface area (Å²) in [6.07, 6.45) is 0.174. The van der Waals surface area contributed by atoms with Crippen LogP contribution in [-0.2, 0) is 11.2 Å². The van der Waals surface area contributed by atoms with E-state index in [-0.39, 0.29) is 17.9 Å². The summed E-state index contributed by atoms with van der Waals surface area (Å²) < 4.78 is 5.10. The van der Waals surface area contributed by atoms with Gasteiger partial charge in [-0.05, 0) is 30.7 Å². The van der Waals surface area contributed by atoms with Gasteiger partial charge in [-0.2, -0.15) is 0 Å². The first kappa shape index (κ1) is 16.8. The zero-order valence-corrected chi connectivity index (χ0v) is 13.6. The molecule has 0 spiro atoms. The van der Waals surface area contributed by atoms with Crippen LogP contribution in [0, 0.1) is 6.92 Å². The quantitative estimate of drug-likeness (QED) is 0.846. The fraction of sp³-hybridized carbons (Fsp3) is 0.176. The number of rotatable bonds is 4. The molecule has 0 aliphatic rings. The summed E-state index contributed by atoms with van der Waals surface area (Å²) in [4.78, 5) is 24.0. The van der Waals surface area contributed by atoms with Crippen molar-refractivity contribution in [2.24, 2.45) is 0 Å². The van der Waals surface area contributed by atoms with Gasteiger partial charge in [-0.3, -0.25) is 20.4 Å². The molecule has 0 radical (unpaired) electrons. The Morgan fingerprint density at radius 1 is 1.09 bits per heavy atom. The molecule has 6 heteroatoms. The molecular formula is C17H17ClN2O3. The Morgan fingerprint density at radius 2 is 1.78 bits per heavy atom. The Labute approximate surface area is 139 Å². The number of hydrogen-bond donors (Lipinski definition) is 2. The zero-order valence-electron chi connectivity index (χ0n) is 12.9. The van der Waals surface area contributed by atoms with Gasteiger partial charge in [-0.15, -0.1) is 0 Å². The number of carbonyl (C=O) groups excluding carboxylic acids is 2. The molecular weight excluding hydrogens is 316 g/mol. The first-order valence-corrected chi connectivity index (χ1v) is 7.35. The van der Waals surface area contributed by atoms with E-state index < -0.39 is 5.91 Å². The Morgan fingerprint density at radius 3 is 2.43 bits per heavy atom. The van der Waals surface area contributed by atoms with Crippen molar-refractivity contribution in [3.05, 3.63) is 64.2 Å². The lowest BCUT2D eigenvalue weighted by molar-refractivity contribution is -0.121. The van der Waals surface area contributed by atoms with E-state index in [2.05, 4.69) is 10.9 Å². The average molecular weight is 333 g/mol.